The predicted octanol–water partition coefficient (Wildman–Crippen LogP) is 0.879. The summed E-state index contributed by atoms with van der Waals surface area (Å²) in [5.74, 6) is 0.954. The number of aromatic nitrogens is 2. The van der Waals surface area contributed by atoms with Crippen molar-refractivity contribution in [1.82, 2.24) is 9.78 Å². The lowest BCUT2D eigenvalue weighted by atomic mass is 10.2. The first kappa shape index (κ1) is 12.7. The Morgan fingerprint density at radius 3 is 2.83 bits per heavy atom. The van der Waals surface area contributed by atoms with E-state index in [0.717, 1.165) is 25.8 Å². The van der Waals surface area contributed by atoms with Gasteiger partial charge in [-0.15, -0.1) is 0 Å². The van der Waals surface area contributed by atoms with Crippen molar-refractivity contribution in [2.75, 3.05) is 24.2 Å². The van der Waals surface area contributed by atoms with Gasteiger partial charge in [-0.05, 0) is 26.2 Å². The summed E-state index contributed by atoms with van der Waals surface area (Å²) in [5.41, 5.74) is 6.39. The maximum Gasteiger partial charge on any atom is 0.170 e. The molecule has 1 aromatic rings. The number of aliphatic hydroxyl groups excluding tert-OH is 1. The van der Waals surface area contributed by atoms with Crippen LogP contribution >= 0.6 is 0 Å². The van der Waals surface area contributed by atoms with E-state index in [1.165, 1.54) is 0 Å². The summed E-state index contributed by atoms with van der Waals surface area (Å²) in [5, 5.41) is 23.5. The first-order chi connectivity index (χ1) is 8.60. The van der Waals surface area contributed by atoms with Crippen molar-refractivity contribution in [3.63, 3.8) is 0 Å². The van der Waals surface area contributed by atoms with E-state index >= 15 is 0 Å². The molecule has 0 amide bonds. The summed E-state index contributed by atoms with van der Waals surface area (Å²) in [6.45, 7) is 2.74. The molecule has 0 aliphatic heterocycles. The van der Waals surface area contributed by atoms with Crippen LogP contribution in [-0.2, 0) is 0 Å². The number of hydrogen-bond donors (Lipinski definition) is 2. The van der Waals surface area contributed by atoms with Crippen molar-refractivity contribution < 1.29 is 5.11 Å². The molecule has 2 atom stereocenters. The summed E-state index contributed by atoms with van der Waals surface area (Å²) in [6.07, 6.45) is 2.17. The summed E-state index contributed by atoms with van der Waals surface area (Å²) in [4.78, 5) is 1.88. The van der Waals surface area contributed by atoms with Crippen LogP contribution in [0.5, 0.6) is 0 Å². The summed E-state index contributed by atoms with van der Waals surface area (Å²) in [7, 11) is 1.87. The van der Waals surface area contributed by atoms with Crippen LogP contribution in [-0.4, -0.2) is 34.6 Å². The van der Waals surface area contributed by atoms with Gasteiger partial charge in [-0.2, -0.15) is 10.4 Å². The van der Waals surface area contributed by atoms with E-state index in [9.17, 15) is 10.4 Å². The average Bonchev–Trinajstić information content (AvgIpc) is 2.91. The zero-order valence-corrected chi connectivity index (χ0v) is 10.8. The molecule has 18 heavy (non-hydrogen) atoms. The van der Waals surface area contributed by atoms with Crippen LogP contribution in [0.2, 0.25) is 0 Å². The van der Waals surface area contributed by atoms with E-state index in [1.807, 2.05) is 18.9 Å². The van der Waals surface area contributed by atoms with Crippen LogP contribution in [0, 0.1) is 11.3 Å². The van der Waals surface area contributed by atoms with Gasteiger partial charge in [0.25, 0.3) is 0 Å². The van der Waals surface area contributed by atoms with Crippen molar-refractivity contribution in [2.24, 2.45) is 0 Å². The van der Waals surface area contributed by atoms with Gasteiger partial charge in [-0.1, -0.05) is 0 Å². The second kappa shape index (κ2) is 4.86. The van der Waals surface area contributed by atoms with E-state index in [-0.39, 0.29) is 6.04 Å². The Morgan fingerprint density at radius 2 is 2.33 bits per heavy atom. The Kier molecular flexibility index (Phi) is 3.43. The molecule has 1 saturated carbocycles. The highest BCUT2D eigenvalue weighted by atomic mass is 16.3. The number of hydrogen-bond acceptors (Lipinski definition) is 5. The largest absolute Gasteiger partial charge is 0.391 e. The van der Waals surface area contributed by atoms with Gasteiger partial charge in [-0.3, -0.25) is 0 Å². The summed E-state index contributed by atoms with van der Waals surface area (Å²) in [6, 6.07) is 2.01. The molecular formula is C12H19N5O. The van der Waals surface area contributed by atoms with Gasteiger partial charge in [0.1, 0.15) is 17.5 Å². The molecule has 6 nitrogen and oxygen atoms in total. The van der Waals surface area contributed by atoms with Crippen LogP contribution in [0.15, 0.2) is 0 Å². The van der Waals surface area contributed by atoms with Crippen LogP contribution in [0.25, 0.3) is 0 Å². The standard InChI is InChI=1S/C12H19N5O/c1-3-16(2)12-8(7-13)11(14)17(15-12)9-5-4-6-10(9)18/h9-10,18H,3-6,14H2,1-2H3. The summed E-state index contributed by atoms with van der Waals surface area (Å²) >= 11 is 0. The highest BCUT2D eigenvalue weighted by molar-refractivity contribution is 5.64. The Hall–Kier alpha value is -1.74. The molecule has 1 aliphatic rings. The van der Waals surface area contributed by atoms with Crippen LogP contribution < -0.4 is 10.6 Å². The summed E-state index contributed by atoms with van der Waals surface area (Å²) < 4.78 is 1.62. The second-order valence-electron chi connectivity index (χ2n) is 4.72. The number of nitrogens with two attached hydrogens (primary N) is 1. The van der Waals surface area contributed by atoms with Crippen molar-refractivity contribution in [1.29, 1.82) is 5.26 Å². The van der Waals surface area contributed by atoms with Gasteiger partial charge in [0.2, 0.25) is 0 Å². The van der Waals surface area contributed by atoms with Crippen molar-refractivity contribution in [3.05, 3.63) is 5.56 Å². The van der Waals surface area contributed by atoms with Crippen LogP contribution in [0.1, 0.15) is 37.8 Å². The van der Waals surface area contributed by atoms with Crippen molar-refractivity contribution in [3.8, 4) is 6.07 Å². The highest BCUT2D eigenvalue weighted by Crippen LogP contribution is 2.34. The number of nitrogens with zero attached hydrogens (tertiary/aromatic N) is 4. The van der Waals surface area contributed by atoms with Crippen LogP contribution in [0.3, 0.4) is 0 Å². The molecule has 0 bridgehead atoms. The maximum absolute atomic E-state index is 9.92. The molecule has 1 fully saturated rings. The normalized spacial score (nSPS) is 23.0. The first-order valence-electron chi connectivity index (χ1n) is 6.27. The van der Waals surface area contributed by atoms with E-state index in [1.54, 1.807) is 4.68 Å². The Labute approximate surface area is 107 Å². The third kappa shape index (κ3) is 1.91. The fourth-order valence-electron chi connectivity index (χ4n) is 2.42. The minimum atomic E-state index is -0.418. The molecule has 3 N–H and O–H groups in total. The molecule has 2 rings (SSSR count). The van der Waals surface area contributed by atoms with Gasteiger partial charge in [0.05, 0.1) is 12.1 Å². The van der Waals surface area contributed by atoms with E-state index in [2.05, 4.69) is 11.2 Å². The van der Waals surface area contributed by atoms with Crippen molar-refractivity contribution in [2.45, 2.75) is 38.3 Å². The third-order valence-electron chi connectivity index (χ3n) is 3.63. The highest BCUT2D eigenvalue weighted by Gasteiger charge is 2.31. The molecule has 98 valence electrons. The van der Waals surface area contributed by atoms with E-state index in [0.29, 0.717) is 17.2 Å². The average molecular weight is 249 g/mol. The lowest BCUT2D eigenvalue weighted by Gasteiger charge is -2.17. The molecule has 6 heteroatoms. The topological polar surface area (TPSA) is 91.1 Å². The number of nitriles is 1. The SMILES string of the molecule is CCN(C)c1nn(C2CCCC2O)c(N)c1C#N. The molecule has 2 unspecified atom stereocenters. The predicted molar refractivity (Wildman–Crippen MR) is 69.2 cm³/mol. The maximum atomic E-state index is 9.92. The molecule has 0 saturated heterocycles. The molecule has 0 spiro atoms. The van der Waals surface area contributed by atoms with E-state index < -0.39 is 6.10 Å². The Balaban J connectivity index is 2.44. The van der Waals surface area contributed by atoms with Gasteiger partial charge in [-0.25, -0.2) is 4.68 Å². The molecule has 0 radical (unpaired) electrons. The van der Waals surface area contributed by atoms with Gasteiger partial charge >= 0.3 is 0 Å². The zero-order chi connectivity index (χ0) is 13.3. The van der Waals surface area contributed by atoms with Gasteiger partial charge < -0.3 is 15.7 Å². The molecule has 0 aromatic carbocycles. The fraction of sp³-hybridized carbons (Fsp3) is 0.667. The fourth-order valence-corrected chi connectivity index (χ4v) is 2.42. The molecule has 1 heterocycles. The monoisotopic (exact) mass is 249 g/mol. The smallest absolute Gasteiger partial charge is 0.170 e. The number of anilines is 2. The number of nitrogen functional groups attached to an aromatic ring is 1. The first-order valence-corrected chi connectivity index (χ1v) is 6.27. The quantitative estimate of drug-likeness (QED) is 0.829. The number of rotatable bonds is 3. The van der Waals surface area contributed by atoms with Crippen LogP contribution in [0.4, 0.5) is 11.6 Å². The minimum absolute atomic E-state index is 0.101. The Morgan fingerprint density at radius 1 is 1.61 bits per heavy atom. The lowest BCUT2D eigenvalue weighted by Crippen LogP contribution is -2.22. The number of aliphatic hydroxyl groups is 1. The lowest BCUT2D eigenvalue weighted by molar-refractivity contribution is 0.131. The second-order valence-corrected chi connectivity index (χ2v) is 4.72. The third-order valence-corrected chi connectivity index (χ3v) is 3.63. The van der Waals surface area contributed by atoms with Crippen molar-refractivity contribution >= 4 is 11.6 Å². The molecule has 1 aromatic heterocycles. The molecule has 1 aliphatic carbocycles. The van der Waals surface area contributed by atoms with E-state index in [4.69, 9.17) is 5.73 Å². The van der Waals surface area contributed by atoms with Gasteiger partial charge in [0, 0.05) is 13.6 Å². The molecular weight excluding hydrogens is 230 g/mol. The minimum Gasteiger partial charge on any atom is -0.391 e. The van der Waals surface area contributed by atoms with Gasteiger partial charge in [0.15, 0.2) is 5.82 Å². The zero-order valence-electron chi connectivity index (χ0n) is 10.8. The Bertz CT molecular complexity index is 476.